The van der Waals surface area contributed by atoms with E-state index in [1.807, 2.05) is 0 Å². The Labute approximate surface area is 102 Å². The molecule has 2 N–H and O–H groups in total. The van der Waals surface area contributed by atoms with Crippen LogP contribution in [-0.2, 0) is 4.79 Å². The first-order chi connectivity index (χ1) is 8.10. The van der Waals surface area contributed by atoms with Gasteiger partial charge in [-0.05, 0) is 0 Å². The Morgan fingerprint density at radius 2 is 2.35 bits per heavy atom. The predicted molar refractivity (Wildman–Crippen MR) is 62.9 cm³/mol. The van der Waals surface area contributed by atoms with Crippen LogP contribution in [-0.4, -0.2) is 46.5 Å². The van der Waals surface area contributed by atoms with Crippen LogP contribution in [0.15, 0.2) is 5.38 Å². The molecule has 6 nitrogen and oxygen atoms in total. The third-order valence-electron chi connectivity index (χ3n) is 2.51. The maximum atomic E-state index is 11.9. The normalized spacial score (nSPS) is 15.5. The van der Waals surface area contributed by atoms with Crippen molar-refractivity contribution in [2.75, 3.05) is 25.0 Å². The molecular weight excluding hydrogens is 242 g/mol. The summed E-state index contributed by atoms with van der Waals surface area (Å²) in [7, 11) is 0. The van der Waals surface area contributed by atoms with Crippen molar-refractivity contribution >= 4 is 28.3 Å². The first-order valence-corrected chi connectivity index (χ1v) is 6.11. The summed E-state index contributed by atoms with van der Waals surface area (Å²) >= 11 is 1.22. The number of aliphatic hydroxyl groups excluding tert-OH is 1. The van der Waals surface area contributed by atoms with Crippen LogP contribution in [0.3, 0.4) is 0 Å². The SMILES string of the molecule is CC(=O)Nc1nc(C(=O)N2CC(CO)C2)cs1. The van der Waals surface area contributed by atoms with E-state index in [2.05, 4.69) is 10.3 Å². The average Bonchev–Trinajstić information content (AvgIpc) is 2.63. The lowest BCUT2D eigenvalue weighted by atomic mass is 10.0. The van der Waals surface area contributed by atoms with Crippen LogP contribution in [0.25, 0.3) is 0 Å². The second-order valence-corrected chi connectivity index (χ2v) is 4.84. The van der Waals surface area contributed by atoms with E-state index in [-0.39, 0.29) is 24.3 Å². The molecule has 1 aromatic heterocycles. The zero-order valence-electron chi connectivity index (χ0n) is 9.34. The van der Waals surface area contributed by atoms with E-state index < -0.39 is 0 Å². The maximum absolute atomic E-state index is 11.9. The van der Waals surface area contributed by atoms with Gasteiger partial charge in [0.1, 0.15) is 5.69 Å². The number of aromatic nitrogens is 1. The molecule has 2 heterocycles. The van der Waals surface area contributed by atoms with Gasteiger partial charge in [-0.1, -0.05) is 0 Å². The number of nitrogens with one attached hydrogen (secondary N) is 1. The summed E-state index contributed by atoms with van der Waals surface area (Å²) in [5, 5.41) is 13.4. The number of aliphatic hydroxyl groups is 1. The van der Waals surface area contributed by atoms with Gasteiger partial charge in [0, 0.05) is 37.9 Å². The lowest BCUT2D eigenvalue weighted by Crippen LogP contribution is -2.51. The Morgan fingerprint density at radius 1 is 1.65 bits per heavy atom. The van der Waals surface area contributed by atoms with Crippen molar-refractivity contribution in [1.29, 1.82) is 0 Å². The van der Waals surface area contributed by atoms with E-state index in [1.54, 1.807) is 10.3 Å². The number of carbonyl (C=O) groups excluding carboxylic acids is 2. The number of rotatable bonds is 3. The molecular formula is C10H13N3O3S. The van der Waals surface area contributed by atoms with E-state index in [1.165, 1.54) is 18.3 Å². The Balaban J connectivity index is 1.96. The minimum atomic E-state index is -0.206. The summed E-state index contributed by atoms with van der Waals surface area (Å²) in [6, 6.07) is 0. The molecule has 2 rings (SSSR count). The summed E-state index contributed by atoms with van der Waals surface area (Å²) in [5.74, 6) is -0.169. The van der Waals surface area contributed by atoms with Gasteiger partial charge in [-0.2, -0.15) is 0 Å². The van der Waals surface area contributed by atoms with Crippen molar-refractivity contribution in [2.45, 2.75) is 6.92 Å². The first-order valence-electron chi connectivity index (χ1n) is 5.23. The first kappa shape index (κ1) is 12.0. The van der Waals surface area contributed by atoms with Crippen molar-refractivity contribution in [3.05, 3.63) is 11.1 Å². The summed E-state index contributed by atoms with van der Waals surface area (Å²) in [5.41, 5.74) is 0.343. The average molecular weight is 255 g/mol. The quantitative estimate of drug-likeness (QED) is 0.806. The van der Waals surface area contributed by atoms with Gasteiger partial charge in [0.05, 0.1) is 0 Å². The van der Waals surface area contributed by atoms with Crippen molar-refractivity contribution in [3.63, 3.8) is 0 Å². The standard InChI is InChI=1S/C10H13N3O3S/c1-6(15)11-10-12-8(5-17-10)9(16)13-2-7(3-13)4-14/h5,7,14H,2-4H2,1H3,(H,11,12,15). The van der Waals surface area contributed by atoms with Crippen LogP contribution in [0.1, 0.15) is 17.4 Å². The molecule has 17 heavy (non-hydrogen) atoms. The molecule has 92 valence electrons. The number of hydrogen-bond donors (Lipinski definition) is 2. The van der Waals surface area contributed by atoms with Crippen molar-refractivity contribution in [2.24, 2.45) is 5.92 Å². The van der Waals surface area contributed by atoms with E-state index in [4.69, 9.17) is 5.11 Å². The van der Waals surface area contributed by atoms with E-state index >= 15 is 0 Å². The van der Waals surface area contributed by atoms with Gasteiger partial charge in [0.15, 0.2) is 5.13 Å². The molecule has 1 aliphatic rings. The molecule has 7 heteroatoms. The summed E-state index contributed by atoms with van der Waals surface area (Å²) in [6.07, 6.45) is 0. The number of thiazole rings is 1. The fraction of sp³-hybridized carbons (Fsp3) is 0.500. The number of hydrogen-bond acceptors (Lipinski definition) is 5. The smallest absolute Gasteiger partial charge is 0.273 e. The predicted octanol–water partition coefficient (Wildman–Crippen LogP) is 0.166. The van der Waals surface area contributed by atoms with Crippen molar-refractivity contribution in [1.82, 2.24) is 9.88 Å². The molecule has 0 bridgehead atoms. The van der Waals surface area contributed by atoms with E-state index in [0.717, 1.165) is 0 Å². The van der Waals surface area contributed by atoms with Gasteiger partial charge in [-0.15, -0.1) is 11.3 Å². The fourth-order valence-corrected chi connectivity index (χ4v) is 2.32. The molecule has 0 aliphatic carbocycles. The van der Waals surface area contributed by atoms with Gasteiger partial charge in [-0.25, -0.2) is 4.98 Å². The molecule has 0 saturated carbocycles. The number of amides is 2. The maximum Gasteiger partial charge on any atom is 0.273 e. The monoisotopic (exact) mass is 255 g/mol. The van der Waals surface area contributed by atoms with Gasteiger partial charge in [-0.3, -0.25) is 9.59 Å². The van der Waals surface area contributed by atoms with Crippen LogP contribution in [0.4, 0.5) is 5.13 Å². The Hall–Kier alpha value is -1.47. The second-order valence-electron chi connectivity index (χ2n) is 3.98. The minimum absolute atomic E-state index is 0.109. The van der Waals surface area contributed by atoms with Gasteiger partial charge in [0.25, 0.3) is 5.91 Å². The lowest BCUT2D eigenvalue weighted by molar-refractivity contribution is -0.114. The number of likely N-dealkylation sites (tertiary alicyclic amines) is 1. The molecule has 1 fully saturated rings. The highest BCUT2D eigenvalue weighted by atomic mass is 32.1. The number of anilines is 1. The Morgan fingerprint density at radius 3 is 2.94 bits per heavy atom. The fourth-order valence-electron chi connectivity index (χ4n) is 1.59. The molecule has 0 unspecified atom stereocenters. The zero-order chi connectivity index (χ0) is 12.4. The van der Waals surface area contributed by atoms with E-state index in [9.17, 15) is 9.59 Å². The van der Waals surface area contributed by atoms with Crippen LogP contribution >= 0.6 is 11.3 Å². The molecule has 1 aromatic rings. The van der Waals surface area contributed by atoms with Gasteiger partial charge in [0.2, 0.25) is 5.91 Å². The molecule has 0 aromatic carbocycles. The third-order valence-corrected chi connectivity index (χ3v) is 3.27. The molecule has 1 saturated heterocycles. The topological polar surface area (TPSA) is 82.5 Å². The summed E-state index contributed by atoms with van der Waals surface area (Å²) in [6.45, 7) is 2.65. The van der Waals surface area contributed by atoms with E-state index in [0.29, 0.717) is 23.9 Å². The highest BCUT2D eigenvalue weighted by molar-refractivity contribution is 7.14. The van der Waals surface area contributed by atoms with Crippen molar-refractivity contribution in [3.8, 4) is 0 Å². The Bertz CT molecular complexity index is 440. The van der Waals surface area contributed by atoms with Gasteiger partial charge < -0.3 is 15.3 Å². The van der Waals surface area contributed by atoms with Crippen LogP contribution in [0, 0.1) is 5.92 Å². The molecule has 1 aliphatic heterocycles. The zero-order valence-corrected chi connectivity index (χ0v) is 10.2. The molecule has 0 radical (unpaired) electrons. The van der Waals surface area contributed by atoms with Crippen molar-refractivity contribution < 1.29 is 14.7 Å². The Kier molecular flexibility index (Phi) is 3.39. The van der Waals surface area contributed by atoms with Crippen LogP contribution < -0.4 is 5.32 Å². The summed E-state index contributed by atoms with van der Waals surface area (Å²) in [4.78, 5) is 28.3. The highest BCUT2D eigenvalue weighted by Crippen LogP contribution is 2.21. The minimum Gasteiger partial charge on any atom is -0.396 e. The van der Waals surface area contributed by atoms with Crippen LogP contribution in [0.5, 0.6) is 0 Å². The molecule has 2 amide bonds. The molecule has 0 spiro atoms. The third kappa shape index (κ3) is 2.62. The number of nitrogens with zero attached hydrogens (tertiary/aromatic N) is 2. The summed E-state index contributed by atoms with van der Waals surface area (Å²) < 4.78 is 0. The van der Waals surface area contributed by atoms with Crippen LogP contribution in [0.2, 0.25) is 0 Å². The highest BCUT2D eigenvalue weighted by Gasteiger charge is 2.31. The lowest BCUT2D eigenvalue weighted by Gasteiger charge is -2.37. The largest absolute Gasteiger partial charge is 0.396 e. The number of carbonyl (C=O) groups is 2. The second kappa shape index (κ2) is 4.80. The van der Waals surface area contributed by atoms with Gasteiger partial charge >= 0.3 is 0 Å². The molecule has 0 atom stereocenters.